The predicted octanol–water partition coefficient (Wildman–Crippen LogP) is 2.28. The molecule has 4 rings (SSSR count). The minimum atomic E-state index is -1.29. The number of amides is 1. The molecule has 158 valence electrons. The average Bonchev–Trinajstić information content (AvgIpc) is 3.02. The summed E-state index contributed by atoms with van der Waals surface area (Å²) in [5, 5.41) is 24.7. The zero-order valence-electron chi connectivity index (χ0n) is 17.4. The van der Waals surface area contributed by atoms with E-state index in [-0.39, 0.29) is 5.91 Å². The SMILES string of the molecule is N#Cc1cc2n(n1)CCCN(C[C@@]1(O)CCCN(CCC3CCCCC3)C1=O)C2. The summed E-state index contributed by atoms with van der Waals surface area (Å²) in [6.45, 7) is 4.12. The molecule has 29 heavy (non-hydrogen) atoms. The number of β-amino-alcohol motifs (C(OH)–C–C–N with tert-alkyl or cyclic N) is 1. The van der Waals surface area contributed by atoms with E-state index in [9.17, 15) is 9.90 Å². The molecule has 0 aromatic carbocycles. The third kappa shape index (κ3) is 4.65. The van der Waals surface area contributed by atoms with Crippen molar-refractivity contribution in [1.29, 1.82) is 5.26 Å². The highest BCUT2D eigenvalue weighted by Gasteiger charge is 2.43. The minimum absolute atomic E-state index is 0.0879. The summed E-state index contributed by atoms with van der Waals surface area (Å²) in [5.41, 5.74) is 0.126. The highest BCUT2D eigenvalue weighted by atomic mass is 16.3. The van der Waals surface area contributed by atoms with Crippen LogP contribution in [0.3, 0.4) is 0 Å². The molecule has 1 aromatic rings. The number of aryl methyl sites for hydroxylation is 1. The van der Waals surface area contributed by atoms with Crippen molar-refractivity contribution in [2.75, 3.05) is 26.2 Å². The number of carbonyl (C=O) groups is 1. The Morgan fingerprint density at radius 1 is 1.17 bits per heavy atom. The summed E-state index contributed by atoms with van der Waals surface area (Å²) in [5.74, 6) is 0.654. The van der Waals surface area contributed by atoms with E-state index >= 15 is 0 Å². The lowest BCUT2D eigenvalue weighted by atomic mass is 9.86. The Balaban J connectivity index is 1.37. The molecule has 3 aliphatic rings. The van der Waals surface area contributed by atoms with Crippen molar-refractivity contribution in [3.63, 3.8) is 0 Å². The lowest BCUT2D eigenvalue weighted by Gasteiger charge is -2.41. The molecule has 1 atom stereocenters. The number of likely N-dealkylation sites (tertiary alicyclic amines) is 1. The highest BCUT2D eigenvalue weighted by molar-refractivity contribution is 5.86. The van der Waals surface area contributed by atoms with Crippen molar-refractivity contribution in [3.8, 4) is 6.07 Å². The van der Waals surface area contributed by atoms with Crippen LogP contribution in [0.4, 0.5) is 0 Å². The molecule has 2 fully saturated rings. The van der Waals surface area contributed by atoms with Gasteiger partial charge in [-0.3, -0.25) is 14.4 Å². The molecule has 0 radical (unpaired) electrons. The Hall–Kier alpha value is -1.91. The van der Waals surface area contributed by atoms with E-state index in [2.05, 4.69) is 16.1 Å². The largest absolute Gasteiger partial charge is 0.379 e. The molecule has 0 spiro atoms. The Morgan fingerprint density at radius 2 is 2.00 bits per heavy atom. The van der Waals surface area contributed by atoms with Crippen LogP contribution in [0.1, 0.15) is 69.2 Å². The molecule has 7 heteroatoms. The van der Waals surface area contributed by atoms with Crippen LogP contribution >= 0.6 is 0 Å². The molecule has 3 heterocycles. The van der Waals surface area contributed by atoms with E-state index in [1.165, 1.54) is 32.1 Å². The number of fused-ring (bicyclic) bond motifs is 1. The van der Waals surface area contributed by atoms with E-state index in [0.717, 1.165) is 57.1 Å². The van der Waals surface area contributed by atoms with E-state index in [1.54, 1.807) is 0 Å². The monoisotopic (exact) mass is 399 g/mol. The highest BCUT2D eigenvalue weighted by Crippen LogP contribution is 2.29. The molecule has 1 saturated heterocycles. The molecule has 1 aromatic heterocycles. The number of hydrogen-bond acceptors (Lipinski definition) is 5. The molecule has 1 amide bonds. The van der Waals surface area contributed by atoms with Crippen LogP contribution < -0.4 is 0 Å². The second-order valence-corrected chi connectivity index (χ2v) is 9.14. The summed E-state index contributed by atoms with van der Waals surface area (Å²) in [4.78, 5) is 17.2. The van der Waals surface area contributed by atoms with Gasteiger partial charge in [-0.15, -0.1) is 0 Å². The number of aliphatic hydroxyl groups is 1. The molecular weight excluding hydrogens is 366 g/mol. The first kappa shape index (κ1) is 20.4. The van der Waals surface area contributed by atoms with Gasteiger partial charge in [0.2, 0.25) is 0 Å². The first-order valence-electron chi connectivity index (χ1n) is 11.3. The van der Waals surface area contributed by atoms with Gasteiger partial charge in [-0.25, -0.2) is 0 Å². The fourth-order valence-electron chi connectivity index (χ4n) is 5.33. The third-order valence-corrected chi connectivity index (χ3v) is 6.93. The van der Waals surface area contributed by atoms with Crippen LogP contribution in [-0.2, 0) is 17.9 Å². The van der Waals surface area contributed by atoms with Crippen LogP contribution in [0.2, 0.25) is 0 Å². The second-order valence-electron chi connectivity index (χ2n) is 9.14. The van der Waals surface area contributed by atoms with Gasteiger partial charge in [-0.1, -0.05) is 32.1 Å². The summed E-state index contributed by atoms with van der Waals surface area (Å²) in [7, 11) is 0. The van der Waals surface area contributed by atoms with Crippen molar-refractivity contribution < 1.29 is 9.90 Å². The van der Waals surface area contributed by atoms with Crippen molar-refractivity contribution in [3.05, 3.63) is 17.5 Å². The standard InChI is InChI=1S/C22H33N5O2/c23-15-19-14-20-16-25(10-5-12-27(20)24-19)17-22(29)9-4-11-26(21(22)28)13-8-18-6-2-1-3-7-18/h14,18,29H,1-13,16-17H2/t22-/m0/s1. The zero-order valence-corrected chi connectivity index (χ0v) is 17.4. The second kappa shape index (κ2) is 8.85. The predicted molar refractivity (Wildman–Crippen MR) is 109 cm³/mol. The molecule has 1 saturated carbocycles. The van der Waals surface area contributed by atoms with Crippen molar-refractivity contribution >= 4 is 5.91 Å². The quantitative estimate of drug-likeness (QED) is 0.821. The molecule has 0 bridgehead atoms. The van der Waals surface area contributed by atoms with E-state index in [1.807, 2.05) is 15.6 Å². The molecular formula is C22H33N5O2. The van der Waals surface area contributed by atoms with E-state index in [0.29, 0.717) is 25.2 Å². The van der Waals surface area contributed by atoms with Gasteiger partial charge < -0.3 is 10.0 Å². The lowest BCUT2D eigenvalue weighted by molar-refractivity contribution is -0.160. The van der Waals surface area contributed by atoms with Gasteiger partial charge in [-0.05, 0) is 37.7 Å². The molecule has 1 N–H and O–H groups in total. The van der Waals surface area contributed by atoms with E-state index in [4.69, 9.17) is 5.26 Å². The Bertz CT molecular complexity index is 764. The van der Waals surface area contributed by atoms with Crippen molar-refractivity contribution in [2.24, 2.45) is 5.92 Å². The number of hydrogen-bond donors (Lipinski definition) is 1. The minimum Gasteiger partial charge on any atom is -0.379 e. The molecule has 2 aliphatic heterocycles. The topological polar surface area (TPSA) is 85.4 Å². The Kier molecular flexibility index (Phi) is 6.21. The van der Waals surface area contributed by atoms with Crippen LogP contribution in [0.15, 0.2) is 6.07 Å². The lowest BCUT2D eigenvalue weighted by Crippen LogP contribution is -2.58. The summed E-state index contributed by atoms with van der Waals surface area (Å²) >= 11 is 0. The number of aromatic nitrogens is 2. The molecule has 7 nitrogen and oxygen atoms in total. The van der Waals surface area contributed by atoms with Crippen LogP contribution in [0, 0.1) is 17.2 Å². The fraction of sp³-hybridized carbons (Fsp3) is 0.773. The number of nitriles is 1. The molecule has 0 unspecified atom stereocenters. The average molecular weight is 400 g/mol. The van der Waals surface area contributed by atoms with Crippen molar-refractivity contribution in [1.82, 2.24) is 19.6 Å². The van der Waals surface area contributed by atoms with Gasteiger partial charge in [0, 0.05) is 39.3 Å². The number of carbonyl (C=O) groups excluding carboxylic acids is 1. The van der Waals surface area contributed by atoms with Crippen LogP contribution in [0.5, 0.6) is 0 Å². The first-order chi connectivity index (χ1) is 14.1. The maximum Gasteiger partial charge on any atom is 0.255 e. The maximum atomic E-state index is 13.2. The smallest absolute Gasteiger partial charge is 0.255 e. The Labute approximate surface area is 173 Å². The van der Waals surface area contributed by atoms with Gasteiger partial charge in [-0.2, -0.15) is 10.4 Å². The van der Waals surface area contributed by atoms with Gasteiger partial charge in [0.25, 0.3) is 5.91 Å². The van der Waals surface area contributed by atoms with Crippen LogP contribution in [-0.4, -0.2) is 62.4 Å². The third-order valence-electron chi connectivity index (χ3n) is 6.93. The maximum absolute atomic E-state index is 13.2. The zero-order chi connectivity index (χ0) is 20.3. The number of nitrogens with zero attached hydrogens (tertiary/aromatic N) is 5. The summed E-state index contributed by atoms with van der Waals surface area (Å²) < 4.78 is 1.89. The molecule has 1 aliphatic carbocycles. The van der Waals surface area contributed by atoms with E-state index < -0.39 is 5.60 Å². The summed E-state index contributed by atoms with van der Waals surface area (Å²) in [6.07, 6.45) is 9.93. The first-order valence-corrected chi connectivity index (χ1v) is 11.3. The van der Waals surface area contributed by atoms with Gasteiger partial charge >= 0.3 is 0 Å². The van der Waals surface area contributed by atoms with Gasteiger partial charge in [0.05, 0.1) is 5.69 Å². The fourth-order valence-corrected chi connectivity index (χ4v) is 5.33. The normalized spacial score (nSPS) is 26.8. The van der Waals surface area contributed by atoms with Gasteiger partial charge in [0.1, 0.15) is 6.07 Å². The van der Waals surface area contributed by atoms with Crippen molar-refractivity contribution in [2.45, 2.75) is 76.5 Å². The van der Waals surface area contributed by atoms with Crippen LogP contribution in [0.25, 0.3) is 0 Å². The number of piperidine rings is 1. The summed E-state index contributed by atoms with van der Waals surface area (Å²) in [6, 6.07) is 3.92. The van der Waals surface area contributed by atoms with Gasteiger partial charge in [0.15, 0.2) is 11.3 Å². The number of rotatable bonds is 5. The Morgan fingerprint density at radius 3 is 2.79 bits per heavy atom.